The SMILES string of the molecule is CCC(=O)CCCCC[C@H](NC(=O)Cc1c(C)[nH]c2ccc(OC)cc12)c1ncc(-c2ccc(-[n+]3ccc[nH]3)cc2)[nH]1. The van der Waals surface area contributed by atoms with Crippen LogP contribution in [0.15, 0.2) is 67.1 Å². The fraction of sp³-hybridized carbons (Fsp3) is 0.333. The fourth-order valence-electron chi connectivity index (χ4n) is 5.34. The Bertz CT molecular complexity index is 1630. The average Bonchev–Trinajstić information content (AvgIpc) is 3.78. The Labute approximate surface area is 245 Å². The minimum absolute atomic E-state index is 0.0711. The number of rotatable bonds is 14. The summed E-state index contributed by atoms with van der Waals surface area (Å²) in [5.74, 6) is 1.70. The molecule has 0 saturated carbocycles. The lowest BCUT2D eigenvalue weighted by Crippen LogP contribution is -2.31. The average molecular weight is 568 g/mol. The Hall–Kier alpha value is -4.66. The summed E-state index contributed by atoms with van der Waals surface area (Å²) < 4.78 is 7.35. The summed E-state index contributed by atoms with van der Waals surface area (Å²) >= 11 is 0. The van der Waals surface area contributed by atoms with Crippen molar-refractivity contribution in [1.82, 2.24) is 25.4 Å². The van der Waals surface area contributed by atoms with Gasteiger partial charge in [-0.2, -0.15) is 5.10 Å². The number of Topliss-reactive ketones (excluding diaryl/α,β-unsaturated/α-hetero) is 1. The Morgan fingerprint density at radius 1 is 1.07 bits per heavy atom. The molecule has 42 heavy (non-hydrogen) atoms. The highest BCUT2D eigenvalue weighted by Gasteiger charge is 2.21. The van der Waals surface area contributed by atoms with E-state index >= 15 is 0 Å². The van der Waals surface area contributed by atoms with Crippen LogP contribution in [0.1, 0.15) is 68.6 Å². The Balaban J connectivity index is 1.31. The maximum atomic E-state index is 13.4. The molecule has 0 bridgehead atoms. The number of hydrogen-bond acceptors (Lipinski definition) is 4. The summed E-state index contributed by atoms with van der Waals surface area (Å²) in [4.78, 5) is 36.7. The van der Waals surface area contributed by atoms with Crippen molar-refractivity contribution in [2.45, 2.75) is 64.8 Å². The maximum Gasteiger partial charge on any atom is 0.235 e. The molecular weight excluding hydrogens is 528 g/mol. The molecule has 0 spiro atoms. The number of nitrogens with zero attached hydrogens (tertiary/aromatic N) is 2. The molecule has 9 nitrogen and oxygen atoms in total. The molecule has 5 aromatic rings. The number of carbonyl (C=O) groups excluding carboxylic acids is 2. The van der Waals surface area contributed by atoms with E-state index in [2.05, 4.69) is 25.4 Å². The zero-order valence-corrected chi connectivity index (χ0v) is 24.5. The Morgan fingerprint density at radius 2 is 1.90 bits per heavy atom. The lowest BCUT2D eigenvalue weighted by atomic mass is 10.0. The lowest BCUT2D eigenvalue weighted by Gasteiger charge is -2.17. The van der Waals surface area contributed by atoms with Crippen LogP contribution < -0.4 is 14.7 Å². The van der Waals surface area contributed by atoms with Crippen LogP contribution in [0.3, 0.4) is 0 Å². The molecule has 9 heteroatoms. The number of carbonyl (C=O) groups is 2. The summed E-state index contributed by atoms with van der Waals surface area (Å²) in [7, 11) is 1.64. The highest BCUT2D eigenvalue weighted by Crippen LogP contribution is 2.28. The first-order valence-corrected chi connectivity index (χ1v) is 14.6. The maximum absolute atomic E-state index is 13.4. The van der Waals surface area contributed by atoms with Crippen LogP contribution in [0.2, 0.25) is 0 Å². The van der Waals surface area contributed by atoms with Gasteiger partial charge in [-0.15, -0.1) is 0 Å². The van der Waals surface area contributed by atoms with E-state index in [9.17, 15) is 9.59 Å². The molecule has 1 amide bonds. The molecule has 5 rings (SSSR count). The number of H-pyrrole nitrogens is 3. The first kappa shape index (κ1) is 28.9. The molecule has 0 saturated heterocycles. The molecule has 2 aromatic carbocycles. The molecule has 3 heterocycles. The minimum atomic E-state index is -0.276. The molecule has 218 valence electrons. The van der Waals surface area contributed by atoms with Gasteiger partial charge in [0, 0.05) is 53.2 Å². The van der Waals surface area contributed by atoms with Gasteiger partial charge in [0.2, 0.25) is 17.8 Å². The number of nitrogens with one attached hydrogen (secondary N) is 4. The number of aryl methyl sites for hydroxylation is 1. The van der Waals surface area contributed by atoms with Gasteiger partial charge in [-0.1, -0.05) is 24.4 Å². The van der Waals surface area contributed by atoms with Crippen LogP contribution in [0.5, 0.6) is 5.75 Å². The number of hydrogen-bond donors (Lipinski definition) is 4. The van der Waals surface area contributed by atoms with Crippen LogP contribution in [0.25, 0.3) is 27.8 Å². The molecule has 1 atom stereocenters. The number of unbranched alkanes of at least 4 members (excludes halogenated alkanes) is 2. The molecule has 0 aliphatic carbocycles. The van der Waals surface area contributed by atoms with Gasteiger partial charge in [-0.05, 0) is 55.7 Å². The van der Waals surface area contributed by atoms with E-state index in [1.54, 1.807) is 7.11 Å². The van der Waals surface area contributed by atoms with Gasteiger partial charge in [0.25, 0.3) is 0 Å². The highest BCUT2D eigenvalue weighted by atomic mass is 16.5. The van der Waals surface area contributed by atoms with Gasteiger partial charge in [0.1, 0.15) is 17.4 Å². The Morgan fingerprint density at radius 3 is 2.64 bits per heavy atom. The van der Waals surface area contributed by atoms with E-state index in [1.807, 2.05) is 85.7 Å². The lowest BCUT2D eigenvalue weighted by molar-refractivity contribution is -0.655. The summed E-state index contributed by atoms with van der Waals surface area (Å²) in [6.07, 6.45) is 10.5. The van der Waals surface area contributed by atoms with Crippen LogP contribution >= 0.6 is 0 Å². The van der Waals surface area contributed by atoms with Crippen molar-refractivity contribution in [2.75, 3.05) is 7.11 Å². The van der Waals surface area contributed by atoms with E-state index in [1.165, 1.54) is 0 Å². The molecule has 0 radical (unpaired) electrons. The normalized spacial score (nSPS) is 12.0. The van der Waals surface area contributed by atoms with E-state index < -0.39 is 0 Å². The van der Waals surface area contributed by atoms with E-state index in [0.29, 0.717) is 18.6 Å². The third kappa shape index (κ3) is 6.79. The number of methoxy groups -OCH3 is 1. The number of imidazole rings is 1. The number of amides is 1. The summed E-state index contributed by atoms with van der Waals surface area (Å²) in [6.45, 7) is 3.89. The van der Waals surface area contributed by atoms with E-state index in [4.69, 9.17) is 4.74 Å². The highest BCUT2D eigenvalue weighted by molar-refractivity contribution is 5.91. The predicted molar refractivity (Wildman–Crippen MR) is 162 cm³/mol. The second-order valence-corrected chi connectivity index (χ2v) is 10.7. The predicted octanol–water partition coefficient (Wildman–Crippen LogP) is 5.81. The smallest absolute Gasteiger partial charge is 0.235 e. The zero-order valence-electron chi connectivity index (χ0n) is 24.5. The quantitative estimate of drug-likeness (QED) is 0.1000. The van der Waals surface area contributed by atoms with Crippen molar-refractivity contribution in [3.05, 3.63) is 84.2 Å². The topological polar surface area (TPSA) is 120 Å². The number of benzene rings is 2. The molecule has 4 N–H and O–H groups in total. The van der Waals surface area contributed by atoms with Crippen molar-refractivity contribution in [3.63, 3.8) is 0 Å². The first-order valence-electron chi connectivity index (χ1n) is 14.6. The summed E-state index contributed by atoms with van der Waals surface area (Å²) in [6, 6.07) is 15.7. The fourth-order valence-corrected chi connectivity index (χ4v) is 5.34. The van der Waals surface area contributed by atoms with Gasteiger partial charge < -0.3 is 20.0 Å². The second-order valence-electron chi connectivity index (χ2n) is 10.7. The molecule has 3 aromatic heterocycles. The van der Waals surface area contributed by atoms with Gasteiger partial charge in [0.05, 0.1) is 37.7 Å². The van der Waals surface area contributed by atoms with Crippen molar-refractivity contribution < 1.29 is 19.0 Å². The number of fused-ring (bicyclic) bond motifs is 1. The molecule has 0 aliphatic rings. The monoisotopic (exact) mass is 567 g/mol. The molecule has 0 aliphatic heterocycles. The van der Waals surface area contributed by atoms with Gasteiger partial charge in [-0.25, -0.2) is 4.98 Å². The van der Waals surface area contributed by atoms with Crippen LogP contribution in [-0.2, 0) is 16.0 Å². The zero-order chi connectivity index (χ0) is 29.5. The molecular formula is C33H39N6O3+. The Kier molecular flexibility index (Phi) is 9.16. The molecule has 0 fully saturated rings. The van der Waals surface area contributed by atoms with Crippen LogP contribution in [0, 0.1) is 6.92 Å². The van der Waals surface area contributed by atoms with Crippen LogP contribution in [0.4, 0.5) is 0 Å². The number of ether oxygens (including phenoxy) is 1. The van der Waals surface area contributed by atoms with E-state index in [-0.39, 0.29) is 18.4 Å². The van der Waals surface area contributed by atoms with E-state index in [0.717, 1.165) is 76.4 Å². The van der Waals surface area contributed by atoms with Crippen molar-refractivity contribution in [3.8, 4) is 22.7 Å². The number of aromatic amines is 3. The van der Waals surface area contributed by atoms with Crippen molar-refractivity contribution >= 4 is 22.6 Å². The van der Waals surface area contributed by atoms with Crippen molar-refractivity contribution in [1.29, 1.82) is 0 Å². The number of aromatic nitrogens is 5. The van der Waals surface area contributed by atoms with Gasteiger partial charge in [-0.3, -0.25) is 9.59 Å². The first-order chi connectivity index (χ1) is 20.4. The van der Waals surface area contributed by atoms with Gasteiger partial charge in [0.15, 0.2) is 0 Å². The van der Waals surface area contributed by atoms with Crippen LogP contribution in [-0.4, -0.2) is 38.9 Å². The molecule has 0 unspecified atom stereocenters. The second kappa shape index (κ2) is 13.3. The number of ketones is 1. The largest absolute Gasteiger partial charge is 0.497 e. The van der Waals surface area contributed by atoms with Gasteiger partial charge >= 0.3 is 0 Å². The summed E-state index contributed by atoms with van der Waals surface area (Å²) in [5.41, 5.74) is 5.83. The standard InChI is InChI=1S/C33H38N6O3/c1-4-25(40)9-6-5-7-10-30(37-32(41)20-27-22(2)36-29-16-15-26(42-3)19-28(27)29)33-34-21-31(38-33)23-11-13-24(14-12-23)39-18-8-17-35-39/h8,11-19,21,30,36H,4-7,9-10,20H2,1-3H3,(H2,34,37,38,41)/p+1/t30-/m0/s1. The third-order valence-electron chi connectivity index (χ3n) is 7.77. The minimum Gasteiger partial charge on any atom is -0.497 e. The third-order valence-corrected chi connectivity index (χ3v) is 7.77. The van der Waals surface area contributed by atoms with Crippen molar-refractivity contribution in [2.24, 2.45) is 0 Å². The summed E-state index contributed by atoms with van der Waals surface area (Å²) in [5, 5.41) is 7.38.